The van der Waals surface area contributed by atoms with Gasteiger partial charge >= 0.3 is 0 Å². The molecule has 0 radical (unpaired) electrons. The summed E-state index contributed by atoms with van der Waals surface area (Å²) in [6, 6.07) is 10.9. The maximum atomic E-state index is 14.8. The number of amides is 1. The van der Waals surface area contributed by atoms with E-state index in [4.69, 9.17) is 16.3 Å². The number of nitrogens with one attached hydrogen (secondary N) is 2. The lowest BCUT2D eigenvalue weighted by atomic mass is 10.0. The average Bonchev–Trinajstić information content (AvgIpc) is 2.79. The minimum atomic E-state index is -2.23. The molecule has 0 aromatic heterocycles. The fourth-order valence-electron chi connectivity index (χ4n) is 3.38. The van der Waals surface area contributed by atoms with E-state index in [0.717, 1.165) is 0 Å². The molecule has 1 aliphatic heterocycles. The van der Waals surface area contributed by atoms with Crippen molar-refractivity contribution in [2.75, 3.05) is 11.3 Å². The Balaban J connectivity index is 1.89. The quantitative estimate of drug-likeness (QED) is 0.414. The molecule has 0 spiro atoms. The van der Waals surface area contributed by atoms with Crippen molar-refractivity contribution in [1.29, 1.82) is 0 Å². The number of para-hydroxylation sites is 1. The zero-order valence-electron chi connectivity index (χ0n) is 17.3. The number of aromatic hydroxyl groups is 1. The Morgan fingerprint density at radius 1 is 1.18 bits per heavy atom. The van der Waals surface area contributed by atoms with E-state index in [9.17, 15) is 23.2 Å². The van der Waals surface area contributed by atoms with Gasteiger partial charge in [0.05, 0.1) is 11.6 Å². The zero-order valence-corrected chi connectivity index (χ0v) is 18.9. The Morgan fingerprint density at radius 3 is 2.70 bits per heavy atom. The van der Waals surface area contributed by atoms with Crippen LogP contribution in [0.3, 0.4) is 0 Å². The van der Waals surface area contributed by atoms with E-state index in [1.807, 2.05) is 6.92 Å². The third-order valence-corrected chi connectivity index (χ3v) is 6.57. The molecule has 6 nitrogen and oxygen atoms in total. The number of carbonyl (C=O) groups is 1. The van der Waals surface area contributed by atoms with Crippen molar-refractivity contribution in [2.45, 2.75) is 24.3 Å². The molecule has 0 saturated heterocycles. The largest absolute Gasteiger partial charge is 0.588 e. The first-order valence-corrected chi connectivity index (χ1v) is 11.6. The number of ether oxygens (including phenoxy) is 1. The second-order valence-corrected chi connectivity index (χ2v) is 8.93. The third kappa shape index (κ3) is 4.71. The van der Waals surface area contributed by atoms with Gasteiger partial charge in [0, 0.05) is 28.8 Å². The third-order valence-electron chi connectivity index (χ3n) is 5.17. The molecule has 2 atom stereocenters. The van der Waals surface area contributed by atoms with Crippen LogP contribution in [0.15, 0.2) is 53.4 Å². The topological polar surface area (TPSA) is 93.7 Å². The number of phenolic OH excluding ortho intramolecular Hbond substituents is 1. The molecule has 10 heteroatoms. The van der Waals surface area contributed by atoms with Gasteiger partial charge in [0.2, 0.25) is 4.90 Å². The van der Waals surface area contributed by atoms with Gasteiger partial charge in [0.15, 0.2) is 11.6 Å². The van der Waals surface area contributed by atoms with Crippen LogP contribution in [0.5, 0.6) is 11.5 Å². The maximum Gasteiger partial charge on any atom is 0.251 e. The lowest BCUT2D eigenvalue weighted by molar-refractivity contribution is 0.0926. The molecule has 3 N–H and O–H groups in total. The van der Waals surface area contributed by atoms with Crippen LogP contribution in [0, 0.1) is 11.6 Å². The highest BCUT2D eigenvalue weighted by Crippen LogP contribution is 2.37. The fraction of sp³-hybridized carbons (Fsp3) is 0.174. The molecule has 1 amide bonds. The number of carbonyl (C=O) groups excluding carboxylic acids is 1. The Bertz CT molecular complexity index is 1230. The lowest BCUT2D eigenvalue weighted by Crippen LogP contribution is -2.35. The van der Waals surface area contributed by atoms with Crippen molar-refractivity contribution in [3.8, 4) is 22.6 Å². The highest BCUT2D eigenvalue weighted by Gasteiger charge is 2.26. The van der Waals surface area contributed by atoms with Crippen LogP contribution >= 0.6 is 11.6 Å². The van der Waals surface area contributed by atoms with Gasteiger partial charge in [-0.05, 0) is 24.6 Å². The molecular formula is C23H19ClF2N2O4S. The van der Waals surface area contributed by atoms with E-state index < -0.39 is 40.8 Å². The normalized spacial score (nSPS) is 18.2. The van der Waals surface area contributed by atoms with Crippen molar-refractivity contribution in [1.82, 2.24) is 5.32 Å². The van der Waals surface area contributed by atoms with Crippen LogP contribution in [0.2, 0.25) is 5.02 Å². The minimum absolute atomic E-state index is 0.0243. The molecule has 2 unspecified atom stereocenters. The Labute approximate surface area is 196 Å². The van der Waals surface area contributed by atoms with Gasteiger partial charge in [-0.2, -0.15) is 0 Å². The minimum Gasteiger partial charge on any atom is -0.588 e. The number of phenols is 1. The molecule has 4 bridgehead atoms. The number of rotatable bonds is 1. The molecule has 33 heavy (non-hydrogen) atoms. The summed E-state index contributed by atoms with van der Waals surface area (Å²) in [5.41, 5.74) is 0.159. The molecule has 0 fully saturated rings. The van der Waals surface area contributed by atoms with Crippen molar-refractivity contribution in [3.05, 3.63) is 70.8 Å². The van der Waals surface area contributed by atoms with Gasteiger partial charge in [0.1, 0.15) is 34.7 Å². The standard InChI is InChI=1S/C23H19ClF2N2O4S/c1-2-13-11-27-23(30)12-7-16(24)22(29)21(8-12)33(31)28-19-9-15(17(25)10-18(19)26)14-5-3-4-6-20(14)32-13/h3-10,13,28-29H,2,11H2,1H3,(H,27,30). The summed E-state index contributed by atoms with van der Waals surface area (Å²) in [7, 11) is 0. The average molecular weight is 493 g/mol. The van der Waals surface area contributed by atoms with Gasteiger partial charge in [0.25, 0.3) is 5.91 Å². The van der Waals surface area contributed by atoms with Crippen LogP contribution in [0.1, 0.15) is 23.7 Å². The van der Waals surface area contributed by atoms with Crippen LogP contribution in [0.25, 0.3) is 11.1 Å². The molecule has 0 aliphatic carbocycles. The smallest absolute Gasteiger partial charge is 0.251 e. The summed E-state index contributed by atoms with van der Waals surface area (Å²) in [5, 5.41) is 12.8. The summed E-state index contributed by atoms with van der Waals surface area (Å²) in [4.78, 5) is 12.5. The van der Waals surface area contributed by atoms with E-state index in [0.29, 0.717) is 23.8 Å². The van der Waals surface area contributed by atoms with E-state index >= 15 is 0 Å². The van der Waals surface area contributed by atoms with E-state index in [1.165, 1.54) is 18.2 Å². The Hall–Kier alpha value is -3.01. The summed E-state index contributed by atoms with van der Waals surface area (Å²) >= 11 is 3.81. The van der Waals surface area contributed by atoms with Gasteiger partial charge < -0.3 is 19.7 Å². The number of halogens is 3. The van der Waals surface area contributed by atoms with Crippen LogP contribution in [-0.4, -0.2) is 28.2 Å². The predicted molar refractivity (Wildman–Crippen MR) is 122 cm³/mol. The molecule has 3 aromatic rings. The molecule has 0 saturated carbocycles. The predicted octanol–water partition coefficient (Wildman–Crippen LogP) is 5.03. The zero-order chi connectivity index (χ0) is 23.7. The first kappa shape index (κ1) is 23.2. The number of anilines is 1. The lowest BCUT2D eigenvalue weighted by Gasteiger charge is -2.21. The van der Waals surface area contributed by atoms with E-state index in [-0.39, 0.29) is 33.3 Å². The van der Waals surface area contributed by atoms with Crippen LogP contribution < -0.4 is 14.8 Å². The van der Waals surface area contributed by atoms with Crippen molar-refractivity contribution >= 4 is 34.6 Å². The van der Waals surface area contributed by atoms with Gasteiger partial charge in [-0.25, -0.2) is 13.5 Å². The number of benzene rings is 3. The van der Waals surface area contributed by atoms with Crippen molar-refractivity contribution in [2.24, 2.45) is 0 Å². The molecule has 172 valence electrons. The van der Waals surface area contributed by atoms with Gasteiger partial charge in [-0.15, -0.1) is 0 Å². The molecule has 4 rings (SSSR count). The summed E-state index contributed by atoms with van der Waals surface area (Å²) in [5.74, 6) is -2.53. The Morgan fingerprint density at radius 2 is 1.94 bits per heavy atom. The second-order valence-electron chi connectivity index (χ2n) is 7.34. The first-order chi connectivity index (χ1) is 15.8. The molecule has 1 heterocycles. The molecule has 1 aliphatic rings. The van der Waals surface area contributed by atoms with Gasteiger partial charge in [-0.1, -0.05) is 36.7 Å². The van der Waals surface area contributed by atoms with Crippen LogP contribution in [-0.2, 0) is 11.4 Å². The van der Waals surface area contributed by atoms with Gasteiger partial charge in [-0.3, -0.25) is 4.79 Å². The number of hydrogen-bond donors (Lipinski definition) is 3. The SMILES string of the molecule is CCC1CNC(=O)c2cc(Cl)c(O)c(c2)[S+]([O-])Nc2cc(c(F)cc2F)-c2ccccc2O1. The Kier molecular flexibility index (Phi) is 6.64. The highest BCUT2D eigenvalue weighted by molar-refractivity contribution is 7.92. The van der Waals surface area contributed by atoms with Crippen LogP contribution in [0.4, 0.5) is 14.5 Å². The number of fused-ring (bicyclic) bond motifs is 6. The molecular weight excluding hydrogens is 474 g/mol. The van der Waals surface area contributed by atoms with E-state index in [2.05, 4.69) is 10.0 Å². The maximum absolute atomic E-state index is 14.8. The van der Waals surface area contributed by atoms with E-state index in [1.54, 1.807) is 24.3 Å². The summed E-state index contributed by atoms with van der Waals surface area (Å²) in [6.07, 6.45) is 0.0707. The number of hydrogen-bond acceptors (Lipinski definition) is 5. The first-order valence-electron chi connectivity index (χ1n) is 10.0. The highest BCUT2D eigenvalue weighted by atomic mass is 35.5. The fourth-order valence-corrected chi connectivity index (χ4v) is 4.65. The molecule has 3 aromatic carbocycles. The monoisotopic (exact) mass is 492 g/mol. The summed E-state index contributed by atoms with van der Waals surface area (Å²) in [6.45, 7) is 1.99. The van der Waals surface area contributed by atoms with Crippen molar-refractivity contribution in [3.63, 3.8) is 0 Å². The second kappa shape index (κ2) is 9.46. The van der Waals surface area contributed by atoms with Crippen molar-refractivity contribution < 1.29 is 28.0 Å². The summed E-state index contributed by atoms with van der Waals surface area (Å²) < 4.78 is 50.8.